The fourth-order valence-corrected chi connectivity index (χ4v) is 5.42. The van der Waals surface area contributed by atoms with Crippen molar-refractivity contribution >= 4 is 23.6 Å². The van der Waals surface area contributed by atoms with E-state index >= 15 is 0 Å². The number of likely N-dealkylation sites (tertiary alicyclic amines) is 1. The Morgan fingerprint density at radius 1 is 1.05 bits per heavy atom. The van der Waals surface area contributed by atoms with Crippen LogP contribution in [0.3, 0.4) is 0 Å². The summed E-state index contributed by atoms with van der Waals surface area (Å²) in [4.78, 5) is 54.2. The average molecular weight is 558 g/mol. The number of allylic oxidation sites excluding steroid dienone is 1. The molecule has 5 atom stereocenters. The summed E-state index contributed by atoms with van der Waals surface area (Å²) in [6.07, 6.45) is -2.18. The predicted molar refractivity (Wildman–Crippen MR) is 139 cm³/mol. The van der Waals surface area contributed by atoms with Crippen LogP contribution >= 0.6 is 0 Å². The highest BCUT2D eigenvalue weighted by molar-refractivity contribution is 6.03. The molecule has 3 rings (SSSR count). The van der Waals surface area contributed by atoms with E-state index in [9.17, 15) is 32.3 Å². The van der Waals surface area contributed by atoms with Crippen LogP contribution in [0.5, 0.6) is 0 Å². The lowest BCUT2D eigenvalue weighted by Crippen LogP contribution is -2.63. The zero-order chi connectivity index (χ0) is 29.7. The smallest absolute Gasteiger partial charge is 0.396 e. The minimum absolute atomic E-state index is 0.0198. The van der Waals surface area contributed by atoms with E-state index in [1.54, 1.807) is 20.8 Å². The molecule has 9 nitrogen and oxygen atoms in total. The summed E-state index contributed by atoms with van der Waals surface area (Å²) >= 11 is 0. The highest BCUT2D eigenvalue weighted by Crippen LogP contribution is 2.42. The number of hydrogen-bond donors (Lipinski definition) is 4. The van der Waals surface area contributed by atoms with Crippen LogP contribution in [0.1, 0.15) is 74.1 Å². The molecule has 12 heteroatoms. The highest BCUT2D eigenvalue weighted by Gasteiger charge is 2.50. The van der Waals surface area contributed by atoms with Crippen LogP contribution in [-0.2, 0) is 14.4 Å². The first-order valence-electron chi connectivity index (χ1n) is 13.5. The minimum Gasteiger partial charge on any atom is -0.396 e. The van der Waals surface area contributed by atoms with Gasteiger partial charge in [-0.05, 0) is 68.3 Å². The normalized spacial score (nSPS) is 26.6. The number of carbonyl (C=O) groups is 4. The van der Waals surface area contributed by atoms with Gasteiger partial charge in [0.1, 0.15) is 17.6 Å². The summed E-state index contributed by atoms with van der Waals surface area (Å²) in [5, 5.41) is 7.15. The third-order valence-corrected chi connectivity index (χ3v) is 8.40. The lowest BCUT2D eigenvalue weighted by atomic mass is 9.69. The molecule has 0 aromatic rings. The molecule has 1 saturated carbocycles. The number of ketones is 1. The van der Waals surface area contributed by atoms with E-state index in [4.69, 9.17) is 5.73 Å². The van der Waals surface area contributed by atoms with Gasteiger partial charge >= 0.3 is 12.2 Å². The molecule has 0 radical (unpaired) electrons. The number of fused-ring (bicyclic) bond motifs is 1. The van der Waals surface area contributed by atoms with E-state index in [0.717, 1.165) is 32.3 Å². The molecule has 1 saturated heterocycles. The molecule has 1 heterocycles. The number of halogens is 3. The second-order valence-corrected chi connectivity index (χ2v) is 13.1. The Morgan fingerprint density at radius 2 is 1.67 bits per heavy atom. The van der Waals surface area contributed by atoms with Gasteiger partial charge in [0.15, 0.2) is 0 Å². The molecule has 220 valence electrons. The first-order chi connectivity index (χ1) is 17.7. The summed E-state index contributed by atoms with van der Waals surface area (Å²) in [7, 11) is 0. The van der Waals surface area contributed by atoms with Gasteiger partial charge in [-0.15, -0.1) is 0 Å². The maximum atomic E-state index is 13.9. The monoisotopic (exact) mass is 557 g/mol. The van der Waals surface area contributed by atoms with Crippen molar-refractivity contribution in [3.63, 3.8) is 0 Å². The summed E-state index contributed by atoms with van der Waals surface area (Å²) in [6.45, 7) is 10.9. The predicted octanol–water partition coefficient (Wildman–Crippen LogP) is 2.99. The molecule has 2 aliphatic carbocycles. The third-order valence-electron chi connectivity index (χ3n) is 8.40. The first kappa shape index (κ1) is 30.7. The first-order valence-corrected chi connectivity index (χ1v) is 13.5. The summed E-state index contributed by atoms with van der Waals surface area (Å²) < 4.78 is 40.0. The lowest BCUT2D eigenvalue weighted by molar-refractivity contribution is -0.182. The topological polar surface area (TPSA) is 134 Å². The van der Waals surface area contributed by atoms with E-state index < -0.39 is 53.1 Å². The van der Waals surface area contributed by atoms with Gasteiger partial charge in [-0.1, -0.05) is 34.6 Å². The van der Waals surface area contributed by atoms with Crippen LogP contribution in [0.4, 0.5) is 18.0 Å². The van der Waals surface area contributed by atoms with Crippen LogP contribution in [-0.4, -0.2) is 64.9 Å². The molecular weight excluding hydrogens is 515 g/mol. The van der Waals surface area contributed by atoms with E-state index in [2.05, 4.69) is 10.6 Å². The quantitative estimate of drug-likeness (QED) is 0.399. The molecule has 5 N–H and O–H groups in total. The average Bonchev–Trinajstić information content (AvgIpc) is 3.21. The van der Waals surface area contributed by atoms with Crippen molar-refractivity contribution in [3.05, 3.63) is 11.3 Å². The van der Waals surface area contributed by atoms with Crippen molar-refractivity contribution in [2.24, 2.45) is 28.9 Å². The van der Waals surface area contributed by atoms with Crippen molar-refractivity contribution in [3.8, 4) is 0 Å². The molecule has 0 spiro atoms. The van der Waals surface area contributed by atoms with Crippen molar-refractivity contribution in [2.75, 3.05) is 6.54 Å². The van der Waals surface area contributed by atoms with Crippen LogP contribution < -0.4 is 21.7 Å². The Morgan fingerprint density at radius 3 is 2.15 bits per heavy atom. The molecule has 0 aromatic carbocycles. The maximum absolute atomic E-state index is 13.9. The van der Waals surface area contributed by atoms with Gasteiger partial charge in [-0.3, -0.25) is 14.4 Å². The van der Waals surface area contributed by atoms with E-state index in [1.807, 2.05) is 19.2 Å². The number of nitrogens with one attached hydrogen (secondary N) is 3. The van der Waals surface area contributed by atoms with Gasteiger partial charge in [0, 0.05) is 6.54 Å². The Kier molecular flexibility index (Phi) is 8.39. The zero-order valence-electron chi connectivity index (χ0n) is 23.8. The van der Waals surface area contributed by atoms with Gasteiger partial charge in [0.2, 0.25) is 17.6 Å². The number of nitrogens with two attached hydrogens (primary N) is 1. The number of hydrogen-bond acceptors (Lipinski definition) is 5. The van der Waals surface area contributed by atoms with E-state index in [1.165, 1.54) is 4.90 Å². The number of rotatable bonds is 6. The number of nitrogens with zero attached hydrogens (tertiary/aromatic N) is 1. The summed E-state index contributed by atoms with van der Waals surface area (Å²) in [6, 6.07) is -4.02. The van der Waals surface area contributed by atoms with Gasteiger partial charge in [-0.2, -0.15) is 13.2 Å². The van der Waals surface area contributed by atoms with E-state index in [0.29, 0.717) is 12.8 Å². The molecule has 4 amide bonds. The largest absolute Gasteiger partial charge is 0.411 e. The fourth-order valence-electron chi connectivity index (χ4n) is 5.42. The number of carbonyl (C=O) groups excluding carboxylic acids is 4. The van der Waals surface area contributed by atoms with Crippen LogP contribution in [0.15, 0.2) is 11.3 Å². The number of urea groups is 1. The molecule has 39 heavy (non-hydrogen) atoms. The second-order valence-electron chi connectivity index (χ2n) is 13.1. The fraction of sp³-hybridized carbons (Fsp3) is 0.778. The molecule has 2 unspecified atom stereocenters. The van der Waals surface area contributed by atoms with Crippen molar-refractivity contribution in [1.82, 2.24) is 20.9 Å². The van der Waals surface area contributed by atoms with Crippen molar-refractivity contribution < 1.29 is 32.3 Å². The van der Waals surface area contributed by atoms with Gasteiger partial charge in [0.25, 0.3) is 0 Å². The Labute approximate surface area is 227 Å². The SMILES string of the molecule is CC(C)[C@@H]1C[C@@H](C(=O)NC2CC3CCC3=C(N)C2=O)N(C(=O)[C@@H](NC(=O)NC(C)(C)C(F)(F)F)C(C)(C)C)C1. The molecule has 0 bridgehead atoms. The zero-order valence-corrected chi connectivity index (χ0v) is 23.8. The van der Waals surface area contributed by atoms with Crippen LogP contribution in [0, 0.1) is 23.2 Å². The maximum Gasteiger partial charge on any atom is 0.411 e. The number of alkyl halides is 3. The molecule has 2 fully saturated rings. The molecular formula is C27H42F3N5O4. The second kappa shape index (κ2) is 10.6. The van der Waals surface area contributed by atoms with Gasteiger partial charge < -0.3 is 26.6 Å². The third kappa shape index (κ3) is 6.35. The lowest BCUT2D eigenvalue weighted by Gasteiger charge is -2.39. The Hall–Kier alpha value is -2.79. The number of Topliss-reactive ketones (excluding diaryl/α,β-unsaturated/α-hetero) is 1. The summed E-state index contributed by atoms with van der Waals surface area (Å²) in [5.41, 5.74) is 3.78. The summed E-state index contributed by atoms with van der Waals surface area (Å²) in [5.74, 6) is -1.07. The van der Waals surface area contributed by atoms with Crippen molar-refractivity contribution in [2.45, 2.75) is 104 Å². The van der Waals surface area contributed by atoms with Crippen LogP contribution in [0.25, 0.3) is 0 Å². The number of amides is 4. The van der Waals surface area contributed by atoms with Gasteiger partial charge in [0.05, 0.1) is 11.7 Å². The molecule has 3 aliphatic rings. The molecule has 0 aromatic heterocycles. The van der Waals surface area contributed by atoms with E-state index in [-0.39, 0.29) is 35.8 Å². The van der Waals surface area contributed by atoms with Crippen molar-refractivity contribution in [1.29, 1.82) is 0 Å². The Balaban J connectivity index is 1.81. The Bertz CT molecular complexity index is 1050. The standard InChI is InChI=1S/C27H42F3N5O4/c1-13(2)15-11-18(22(37)32-17-10-14-8-9-16(14)19(31)20(17)36)35(12-15)23(38)21(25(3,4)5)33-24(39)34-26(6,7)27(28,29)30/h13-15,17-18,21H,8-12,31H2,1-7H3,(H,32,37)(H2,33,34,39)/t14?,15-,17?,18+,21-/m1/s1. The molecule has 1 aliphatic heterocycles. The highest BCUT2D eigenvalue weighted by atomic mass is 19.4. The van der Waals surface area contributed by atoms with Gasteiger partial charge in [-0.25, -0.2) is 4.79 Å². The minimum atomic E-state index is -4.70. The van der Waals surface area contributed by atoms with Crippen LogP contribution in [0.2, 0.25) is 0 Å².